The summed E-state index contributed by atoms with van der Waals surface area (Å²) < 4.78 is 0. The van der Waals surface area contributed by atoms with Crippen molar-refractivity contribution in [3.8, 4) is 0 Å². The first-order valence-corrected chi connectivity index (χ1v) is 5.64. The Bertz CT molecular complexity index is 203. The second kappa shape index (κ2) is 5.35. The molecule has 1 rings (SSSR count). The van der Waals surface area contributed by atoms with E-state index < -0.39 is 0 Å². The van der Waals surface area contributed by atoms with Crippen LogP contribution in [0.4, 0.5) is 0 Å². The van der Waals surface area contributed by atoms with Crippen LogP contribution in [0.5, 0.6) is 0 Å². The molecule has 0 fully saturated rings. The number of unbranched alkanes of at least 4 members (excludes halogenated alkanes) is 2. The number of nitrogens with two attached hydrogens (primary N) is 1. The predicted molar refractivity (Wildman–Crippen MR) is 59.3 cm³/mol. The predicted octanol–water partition coefficient (Wildman–Crippen LogP) is 1.55. The molecule has 0 aromatic carbocycles. The molecule has 0 aromatic rings. The molecule has 0 radical (unpaired) electrons. The summed E-state index contributed by atoms with van der Waals surface area (Å²) in [4.78, 5) is 4.18. The van der Waals surface area contributed by atoms with E-state index in [1.54, 1.807) is 0 Å². The van der Waals surface area contributed by atoms with Crippen LogP contribution in [-0.4, -0.2) is 23.6 Å². The molecule has 14 heavy (non-hydrogen) atoms. The van der Waals surface area contributed by atoms with Gasteiger partial charge in [0.15, 0.2) is 0 Å². The molecule has 0 saturated carbocycles. The van der Waals surface area contributed by atoms with Crippen LogP contribution in [-0.2, 0) is 0 Å². The Morgan fingerprint density at radius 1 is 1.57 bits per heavy atom. The van der Waals surface area contributed by atoms with Gasteiger partial charge in [-0.1, -0.05) is 33.1 Å². The summed E-state index contributed by atoms with van der Waals surface area (Å²) in [5.74, 6) is 1.17. The average molecular weight is 198 g/mol. The van der Waals surface area contributed by atoms with Crippen LogP contribution < -0.4 is 5.73 Å². The number of aliphatic hydroxyl groups excluding tert-OH is 1. The lowest BCUT2D eigenvalue weighted by Gasteiger charge is -2.22. The Hall–Kier alpha value is -0.570. The fourth-order valence-corrected chi connectivity index (χ4v) is 2.12. The quantitative estimate of drug-likeness (QED) is 0.658. The number of aliphatic imine (C=N–C) groups is 1. The van der Waals surface area contributed by atoms with E-state index in [4.69, 9.17) is 5.73 Å². The molecule has 3 atom stereocenters. The molecule has 0 spiro atoms. The zero-order valence-electron chi connectivity index (χ0n) is 9.24. The van der Waals surface area contributed by atoms with Crippen LogP contribution in [0.3, 0.4) is 0 Å². The van der Waals surface area contributed by atoms with Gasteiger partial charge in [0.2, 0.25) is 0 Å². The molecule has 0 aromatic heterocycles. The first kappa shape index (κ1) is 11.5. The number of nitrogens with zero attached hydrogens (tertiary/aromatic N) is 1. The van der Waals surface area contributed by atoms with E-state index in [2.05, 4.69) is 18.8 Å². The van der Waals surface area contributed by atoms with Gasteiger partial charge in [-0.2, -0.15) is 0 Å². The second-order valence-electron chi connectivity index (χ2n) is 4.33. The standard InChI is InChI=1S/C11H22N2O/c1-3-4-5-6-9(14)10-8(2)7-13-11(10)12/h8-10,14H,3-7H2,1-2H3,(H2,12,13)/t8-,9?,10+/m1/s1. The molecule has 3 heteroatoms. The van der Waals surface area contributed by atoms with Crippen molar-refractivity contribution in [1.29, 1.82) is 0 Å². The number of amidine groups is 1. The van der Waals surface area contributed by atoms with Gasteiger partial charge in [-0.25, -0.2) is 0 Å². The SMILES string of the molecule is CCCCCC(O)[C@H]1C(N)=NC[C@H]1C. The van der Waals surface area contributed by atoms with Crippen LogP contribution in [0.25, 0.3) is 0 Å². The summed E-state index contributed by atoms with van der Waals surface area (Å²) in [5, 5.41) is 9.96. The molecular weight excluding hydrogens is 176 g/mol. The third-order valence-electron chi connectivity index (χ3n) is 3.03. The van der Waals surface area contributed by atoms with Gasteiger partial charge in [0.1, 0.15) is 0 Å². The van der Waals surface area contributed by atoms with E-state index in [1.807, 2.05) is 0 Å². The molecule has 1 unspecified atom stereocenters. The third-order valence-corrected chi connectivity index (χ3v) is 3.03. The summed E-state index contributed by atoms with van der Waals surface area (Å²) in [5.41, 5.74) is 5.76. The van der Waals surface area contributed by atoms with Crippen molar-refractivity contribution >= 4 is 5.84 Å². The lowest BCUT2D eigenvalue weighted by Crippen LogP contribution is -2.34. The highest BCUT2D eigenvalue weighted by molar-refractivity contribution is 5.85. The fraction of sp³-hybridized carbons (Fsp3) is 0.909. The minimum absolute atomic E-state index is 0.104. The minimum Gasteiger partial charge on any atom is -0.392 e. The molecule has 82 valence electrons. The summed E-state index contributed by atoms with van der Waals surface area (Å²) in [6.45, 7) is 5.05. The summed E-state index contributed by atoms with van der Waals surface area (Å²) in [6, 6.07) is 0. The molecule has 0 bridgehead atoms. The highest BCUT2D eigenvalue weighted by Crippen LogP contribution is 2.25. The van der Waals surface area contributed by atoms with Gasteiger partial charge in [-0.05, 0) is 12.3 Å². The molecule has 1 heterocycles. The van der Waals surface area contributed by atoms with E-state index in [9.17, 15) is 5.11 Å². The van der Waals surface area contributed by atoms with E-state index in [1.165, 1.54) is 12.8 Å². The molecule has 0 saturated heterocycles. The smallest absolute Gasteiger partial charge is 0.0998 e. The van der Waals surface area contributed by atoms with Crippen molar-refractivity contribution in [1.82, 2.24) is 0 Å². The van der Waals surface area contributed by atoms with Crippen LogP contribution in [0.15, 0.2) is 4.99 Å². The number of rotatable bonds is 5. The maximum absolute atomic E-state index is 9.96. The lowest BCUT2D eigenvalue weighted by atomic mass is 9.88. The van der Waals surface area contributed by atoms with Crippen molar-refractivity contribution in [3.05, 3.63) is 0 Å². The second-order valence-corrected chi connectivity index (χ2v) is 4.33. The Kier molecular flexibility index (Phi) is 4.39. The maximum Gasteiger partial charge on any atom is 0.0998 e. The van der Waals surface area contributed by atoms with E-state index in [0.717, 1.165) is 19.4 Å². The molecule has 3 N–H and O–H groups in total. The molecule has 3 nitrogen and oxygen atoms in total. The van der Waals surface area contributed by atoms with Crippen LogP contribution in [0.1, 0.15) is 39.5 Å². The fourth-order valence-electron chi connectivity index (χ4n) is 2.12. The Morgan fingerprint density at radius 3 is 2.79 bits per heavy atom. The van der Waals surface area contributed by atoms with Crippen molar-refractivity contribution in [2.45, 2.75) is 45.6 Å². The molecule has 0 aliphatic carbocycles. The number of aliphatic hydroxyl groups is 1. The normalized spacial score (nSPS) is 28.9. The Balaban J connectivity index is 2.35. The zero-order valence-corrected chi connectivity index (χ0v) is 9.24. The number of hydrogen-bond donors (Lipinski definition) is 2. The Morgan fingerprint density at radius 2 is 2.29 bits per heavy atom. The van der Waals surface area contributed by atoms with Crippen LogP contribution in [0, 0.1) is 11.8 Å². The van der Waals surface area contributed by atoms with Crippen LogP contribution in [0.2, 0.25) is 0 Å². The largest absolute Gasteiger partial charge is 0.392 e. The maximum atomic E-state index is 9.96. The van der Waals surface area contributed by atoms with Crippen LogP contribution >= 0.6 is 0 Å². The van der Waals surface area contributed by atoms with Gasteiger partial charge in [-0.3, -0.25) is 4.99 Å². The lowest BCUT2D eigenvalue weighted by molar-refractivity contribution is 0.108. The van der Waals surface area contributed by atoms with Gasteiger partial charge in [0.25, 0.3) is 0 Å². The first-order chi connectivity index (χ1) is 6.66. The highest BCUT2D eigenvalue weighted by atomic mass is 16.3. The van der Waals surface area contributed by atoms with Gasteiger partial charge in [-0.15, -0.1) is 0 Å². The van der Waals surface area contributed by atoms with Gasteiger partial charge >= 0.3 is 0 Å². The topological polar surface area (TPSA) is 58.6 Å². The third kappa shape index (κ3) is 2.71. The van der Waals surface area contributed by atoms with E-state index >= 15 is 0 Å². The van der Waals surface area contributed by atoms with Crippen molar-refractivity contribution in [2.75, 3.05) is 6.54 Å². The molecule has 1 aliphatic heterocycles. The van der Waals surface area contributed by atoms with Gasteiger partial charge in [0, 0.05) is 12.5 Å². The van der Waals surface area contributed by atoms with Crippen molar-refractivity contribution in [2.24, 2.45) is 22.6 Å². The highest BCUT2D eigenvalue weighted by Gasteiger charge is 2.32. The summed E-state index contributed by atoms with van der Waals surface area (Å²) >= 11 is 0. The van der Waals surface area contributed by atoms with E-state index in [-0.39, 0.29) is 12.0 Å². The summed E-state index contributed by atoms with van der Waals surface area (Å²) in [6.07, 6.45) is 4.04. The first-order valence-electron chi connectivity index (χ1n) is 5.64. The number of hydrogen-bond acceptors (Lipinski definition) is 3. The Labute approximate surface area is 86.4 Å². The zero-order chi connectivity index (χ0) is 10.6. The summed E-state index contributed by atoms with van der Waals surface area (Å²) in [7, 11) is 0. The van der Waals surface area contributed by atoms with E-state index in [0.29, 0.717) is 11.8 Å². The molecular formula is C11H22N2O. The van der Waals surface area contributed by atoms with Crippen molar-refractivity contribution in [3.63, 3.8) is 0 Å². The van der Waals surface area contributed by atoms with Crippen molar-refractivity contribution < 1.29 is 5.11 Å². The molecule has 0 amide bonds. The minimum atomic E-state index is -0.289. The average Bonchev–Trinajstić information content (AvgIpc) is 2.46. The van der Waals surface area contributed by atoms with Gasteiger partial charge < -0.3 is 10.8 Å². The van der Waals surface area contributed by atoms with Gasteiger partial charge in [0.05, 0.1) is 11.9 Å². The monoisotopic (exact) mass is 198 g/mol. The molecule has 1 aliphatic rings.